The lowest BCUT2D eigenvalue weighted by molar-refractivity contribution is -0.118. The summed E-state index contributed by atoms with van der Waals surface area (Å²) in [5, 5.41) is 2.43. The highest BCUT2D eigenvalue weighted by molar-refractivity contribution is 7.89. The third-order valence-electron chi connectivity index (χ3n) is 4.26. The maximum Gasteiger partial charge on any atom is 0.262 e. The van der Waals surface area contributed by atoms with E-state index in [0.717, 1.165) is 11.6 Å². The Hall–Kier alpha value is -2.94. The molecule has 2 N–H and O–H groups in total. The van der Waals surface area contributed by atoms with Gasteiger partial charge >= 0.3 is 0 Å². The molecule has 3 rings (SSSR count). The van der Waals surface area contributed by atoms with Gasteiger partial charge in [-0.1, -0.05) is 41.9 Å². The van der Waals surface area contributed by atoms with E-state index in [9.17, 15) is 17.6 Å². The molecule has 0 radical (unpaired) electrons. The smallest absolute Gasteiger partial charge is 0.262 e. The first-order chi connectivity index (χ1) is 14.8. The van der Waals surface area contributed by atoms with Gasteiger partial charge in [-0.15, -0.1) is 0 Å². The van der Waals surface area contributed by atoms with Gasteiger partial charge < -0.3 is 10.1 Å². The van der Waals surface area contributed by atoms with Crippen LogP contribution in [0.1, 0.15) is 5.56 Å². The Morgan fingerprint density at radius 1 is 1.00 bits per heavy atom. The van der Waals surface area contributed by atoms with Gasteiger partial charge in [0.15, 0.2) is 6.61 Å². The normalized spacial score (nSPS) is 11.2. The van der Waals surface area contributed by atoms with Gasteiger partial charge in [-0.05, 0) is 54.4 Å². The van der Waals surface area contributed by atoms with Crippen molar-refractivity contribution in [2.75, 3.05) is 18.5 Å². The Morgan fingerprint density at radius 2 is 1.71 bits per heavy atom. The molecule has 1 amide bonds. The van der Waals surface area contributed by atoms with E-state index in [0.29, 0.717) is 17.9 Å². The lowest BCUT2D eigenvalue weighted by Crippen LogP contribution is -2.26. The maximum atomic E-state index is 13.2. The monoisotopic (exact) mass is 462 g/mol. The number of carbonyl (C=O) groups is 1. The van der Waals surface area contributed by atoms with Gasteiger partial charge in [0, 0.05) is 12.2 Å². The van der Waals surface area contributed by atoms with Gasteiger partial charge in [0.25, 0.3) is 5.91 Å². The summed E-state index contributed by atoms with van der Waals surface area (Å²) >= 11 is 5.67. The van der Waals surface area contributed by atoms with Gasteiger partial charge in [-0.25, -0.2) is 17.5 Å². The predicted molar refractivity (Wildman–Crippen MR) is 117 cm³/mol. The summed E-state index contributed by atoms with van der Waals surface area (Å²) in [6.07, 6.45) is 0.579. The number of halogens is 2. The van der Waals surface area contributed by atoms with Crippen molar-refractivity contribution in [3.05, 3.63) is 89.2 Å². The number of amides is 1. The molecule has 0 unspecified atom stereocenters. The molecule has 3 aromatic rings. The van der Waals surface area contributed by atoms with E-state index in [4.69, 9.17) is 16.3 Å². The summed E-state index contributed by atoms with van der Waals surface area (Å²) in [6.45, 7) is -0.0331. The van der Waals surface area contributed by atoms with E-state index in [-0.39, 0.29) is 23.1 Å². The minimum Gasteiger partial charge on any atom is -0.484 e. The van der Waals surface area contributed by atoms with Gasteiger partial charge in [0.2, 0.25) is 10.0 Å². The Balaban J connectivity index is 1.49. The molecule has 0 bridgehead atoms. The standard InChI is InChI=1S/C22H20ClFN2O4S/c23-20-14-17(6-11-21(20)24)26-22(27)15-30-18-7-9-19(10-8-18)31(28,29)25-13-12-16-4-2-1-3-5-16/h1-11,14,25H,12-13,15H2,(H,26,27). The van der Waals surface area contributed by atoms with Gasteiger partial charge in [0.1, 0.15) is 11.6 Å². The van der Waals surface area contributed by atoms with Crippen LogP contribution in [0.5, 0.6) is 5.75 Å². The van der Waals surface area contributed by atoms with Crippen LogP contribution in [0, 0.1) is 5.82 Å². The number of ether oxygens (including phenoxy) is 1. The van der Waals surface area contributed by atoms with Crippen LogP contribution in [0.2, 0.25) is 5.02 Å². The molecule has 31 heavy (non-hydrogen) atoms. The number of nitrogens with one attached hydrogen (secondary N) is 2. The summed E-state index contributed by atoms with van der Waals surface area (Å²) in [4.78, 5) is 12.1. The lowest BCUT2D eigenvalue weighted by Gasteiger charge is -2.10. The molecular formula is C22H20ClFN2O4S. The first-order valence-electron chi connectivity index (χ1n) is 9.35. The molecular weight excluding hydrogens is 443 g/mol. The molecule has 0 aliphatic carbocycles. The van der Waals surface area contributed by atoms with Crippen molar-refractivity contribution in [2.24, 2.45) is 0 Å². The first-order valence-corrected chi connectivity index (χ1v) is 11.2. The molecule has 0 saturated heterocycles. The quantitative estimate of drug-likeness (QED) is 0.503. The topological polar surface area (TPSA) is 84.5 Å². The summed E-state index contributed by atoms with van der Waals surface area (Å²) in [7, 11) is -3.65. The number of anilines is 1. The lowest BCUT2D eigenvalue weighted by atomic mass is 10.2. The number of rotatable bonds is 9. The van der Waals surface area contributed by atoms with Crippen LogP contribution >= 0.6 is 11.6 Å². The van der Waals surface area contributed by atoms with E-state index >= 15 is 0 Å². The Bertz CT molecular complexity index is 1140. The highest BCUT2D eigenvalue weighted by Crippen LogP contribution is 2.20. The third kappa shape index (κ3) is 6.78. The van der Waals surface area contributed by atoms with Crippen molar-refractivity contribution in [3.8, 4) is 5.75 Å². The van der Waals surface area contributed by atoms with Crippen LogP contribution in [0.4, 0.5) is 10.1 Å². The van der Waals surface area contributed by atoms with Gasteiger partial charge in [-0.2, -0.15) is 0 Å². The molecule has 0 atom stereocenters. The molecule has 0 aromatic heterocycles. The van der Waals surface area contributed by atoms with E-state index in [1.54, 1.807) is 0 Å². The molecule has 0 heterocycles. The second-order valence-corrected chi connectivity index (χ2v) is 8.74. The summed E-state index contributed by atoms with van der Waals surface area (Å²) in [5.74, 6) is -0.724. The van der Waals surface area contributed by atoms with Crippen LogP contribution in [0.25, 0.3) is 0 Å². The largest absolute Gasteiger partial charge is 0.484 e. The Morgan fingerprint density at radius 3 is 2.39 bits per heavy atom. The molecule has 3 aromatic carbocycles. The average Bonchev–Trinajstić information content (AvgIpc) is 2.76. The maximum absolute atomic E-state index is 13.2. The van der Waals surface area contributed by atoms with Crippen molar-refractivity contribution in [3.63, 3.8) is 0 Å². The zero-order valence-corrected chi connectivity index (χ0v) is 17.9. The SMILES string of the molecule is O=C(COc1ccc(S(=O)(=O)NCCc2ccccc2)cc1)Nc1ccc(F)c(Cl)c1. The summed E-state index contributed by atoms with van der Waals surface area (Å²) in [5.41, 5.74) is 1.37. The van der Waals surface area contributed by atoms with Crippen molar-refractivity contribution < 1.29 is 22.3 Å². The summed E-state index contributed by atoms with van der Waals surface area (Å²) in [6, 6.07) is 19.1. The van der Waals surface area contributed by atoms with Crippen LogP contribution < -0.4 is 14.8 Å². The second-order valence-electron chi connectivity index (χ2n) is 6.57. The molecule has 0 fully saturated rings. The minimum atomic E-state index is -3.65. The second kappa shape index (κ2) is 10.4. The van der Waals surface area contributed by atoms with Crippen LogP contribution in [-0.2, 0) is 21.2 Å². The average molecular weight is 463 g/mol. The van der Waals surface area contributed by atoms with E-state index in [2.05, 4.69) is 10.0 Å². The van der Waals surface area contributed by atoms with Crippen LogP contribution in [0.15, 0.2) is 77.7 Å². The number of hydrogen-bond acceptors (Lipinski definition) is 4. The molecule has 162 valence electrons. The van der Waals surface area contributed by atoms with E-state index in [1.165, 1.54) is 36.4 Å². The van der Waals surface area contributed by atoms with Crippen LogP contribution in [-0.4, -0.2) is 27.5 Å². The highest BCUT2D eigenvalue weighted by atomic mass is 35.5. The molecule has 0 spiro atoms. The molecule has 0 aliphatic heterocycles. The Labute approximate surface area is 185 Å². The predicted octanol–water partition coefficient (Wildman–Crippen LogP) is 4.02. The number of benzene rings is 3. The molecule has 0 aliphatic rings. The van der Waals surface area contributed by atoms with Gasteiger partial charge in [-0.3, -0.25) is 4.79 Å². The van der Waals surface area contributed by atoms with Gasteiger partial charge in [0.05, 0.1) is 9.92 Å². The van der Waals surface area contributed by atoms with Crippen molar-refractivity contribution in [2.45, 2.75) is 11.3 Å². The highest BCUT2D eigenvalue weighted by Gasteiger charge is 2.14. The molecule has 0 saturated carbocycles. The fraction of sp³-hybridized carbons (Fsp3) is 0.136. The zero-order valence-electron chi connectivity index (χ0n) is 16.3. The van der Waals surface area contributed by atoms with Crippen molar-refractivity contribution >= 4 is 33.2 Å². The van der Waals surface area contributed by atoms with E-state index in [1.807, 2.05) is 30.3 Å². The number of hydrogen-bond donors (Lipinski definition) is 2. The van der Waals surface area contributed by atoms with E-state index < -0.39 is 21.7 Å². The fourth-order valence-electron chi connectivity index (χ4n) is 2.69. The fourth-order valence-corrected chi connectivity index (χ4v) is 3.90. The summed E-state index contributed by atoms with van der Waals surface area (Å²) < 4.78 is 45.9. The van der Waals surface area contributed by atoms with Crippen molar-refractivity contribution in [1.82, 2.24) is 4.72 Å². The third-order valence-corrected chi connectivity index (χ3v) is 6.02. The minimum absolute atomic E-state index is 0.0957. The number of carbonyl (C=O) groups excluding carboxylic acids is 1. The van der Waals surface area contributed by atoms with Crippen molar-refractivity contribution in [1.29, 1.82) is 0 Å². The molecule has 9 heteroatoms. The Kier molecular flexibility index (Phi) is 7.62. The number of sulfonamides is 1. The zero-order chi connectivity index (χ0) is 22.3. The first kappa shape index (κ1) is 22.7. The molecule has 6 nitrogen and oxygen atoms in total. The van der Waals surface area contributed by atoms with Crippen LogP contribution in [0.3, 0.4) is 0 Å².